The summed E-state index contributed by atoms with van der Waals surface area (Å²) < 4.78 is 18.4. The quantitative estimate of drug-likeness (QED) is 0.356. The minimum Gasteiger partial charge on any atom is -0.462 e. The molecule has 1 saturated heterocycles. The van der Waals surface area contributed by atoms with Crippen LogP contribution >= 0.6 is 0 Å². The number of aryl methyl sites for hydroxylation is 1. The third-order valence-electron chi connectivity index (χ3n) is 5.91. The van der Waals surface area contributed by atoms with E-state index in [0.29, 0.717) is 16.9 Å². The second kappa shape index (κ2) is 11.0. The molecule has 1 aliphatic rings. The number of esters is 1. The number of carbonyl (C=O) groups excluding carboxylic acids is 4. The summed E-state index contributed by atoms with van der Waals surface area (Å²) in [5.74, 6) is -1.99. The van der Waals surface area contributed by atoms with Crippen molar-refractivity contribution in [2.24, 2.45) is 0 Å². The van der Waals surface area contributed by atoms with E-state index in [9.17, 15) is 23.6 Å². The van der Waals surface area contributed by atoms with E-state index in [1.807, 2.05) is 6.92 Å². The number of anilines is 2. The number of imide groups is 1. The Labute approximate surface area is 213 Å². The van der Waals surface area contributed by atoms with Crippen molar-refractivity contribution in [1.82, 2.24) is 4.90 Å². The van der Waals surface area contributed by atoms with Crippen molar-refractivity contribution in [2.75, 3.05) is 16.8 Å². The lowest BCUT2D eigenvalue weighted by Crippen LogP contribution is -2.37. The maximum atomic E-state index is 13.4. The van der Waals surface area contributed by atoms with Gasteiger partial charge in [-0.15, -0.1) is 0 Å². The molecule has 1 heterocycles. The normalized spacial score (nSPS) is 15.2. The molecular formula is C28H26FN3O5. The van der Waals surface area contributed by atoms with E-state index in [0.717, 1.165) is 10.5 Å². The number of benzene rings is 3. The fraction of sp³-hybridized carbons (Fsp3) is 0.214. The van der Waals surface area contributed by atoms with Crippen LogP contribution in [-0.2, 0) is 20.9 Å². The second-order valence-corrected chi connectivity index (χ2v) is 8.62. The van der Waals surface area contributed by atoms with E-state index in [4.69, 9.17) is 4.74 Å². The molecular weight excluding hydrogens is 477 g/mol. The number of hydrogen-bond donors (Lipinski definition) is 1. The lowest BCUT2D eigenvalue weighted by atomic mass is 10.1. The number of rotatable bonds is 8. The molecule has 8 nitrogen and oxygen atoms in total. The molecule has 1 fully saturated rings. The summed E-state index contributed by atoms with van der Waals surface area (Å²) in [6, 6.07) is 17.1. The first kappa shape index (κ1) is 25.6. The van der Waals surface area contributed by atoms with Gasteiger partial charge in [-0.25, -0.2) is 18.9 Å². The summed E-state index contributed by atoms with van der Waals surface area (Å²) in [7, 11) is 0. The maximum Gasteiger partial charge on any atom is 0.338 e. The number of urea groups is 1. The van der Waals surface area contributed by atoms with Gasteiger partial charge in [0.05, 0.1) is 24.3 Å². The molecule has 0 aliphatic carbocycles. The first-order valence-corrected chi connectivity index (χ1v) is 11.8. The Morgan fingerprint density at radius 2 is 1.70 bits per heavy atom. The van der Waals surface area contributed by atoms with Crippen molar-refractivity contribution >= 4 is 35.2 Å². The molecule has 9 heteroatoms. The van der Waals surface area contributed by atoms with Gasteiger partial charge in [0.15, 0.2) is 0 Å². The molecule has 1 aliphatic heterocycles. The van der Waals surface area contributed by atoms with Gasteiger partial charge in [0, 0.05) is 12.2 Å². The summed E-state index contributed by atoms with van der Waals surface area (Å²) in [6.07, 6.45) is -0.308. The van der Waals surface area contributed by atoms with Gasteiger partial charge in [-0.05, 0) is 61.9 Å². The lowest BCUT2D eigenvalue weighted by Gasteiger charge is -2.21. The van der Waals surface area contributed by atoms with Crippen LogP contribution in [0.1, 0.15) is 34.8 Å². The van der Waals surface area contributed by atoms with Crippen molar-refractivity contribution in [3.63, 3.8) is 0 Å². The molecule has 1 N–H and O–H groups in total. The summed E-state index contributed by atoms with van der Waals surface area (Å²) in [5, 5.41) is 2.69. The molecule has 1 unspecified atom stereocenters. The molecule has 3 aromatic carbocycles. The number of nitrogens with one attached hydrogen (secondary N) is 1. The smallest absolute Gasteiger partial charge is 0.338 e. The number of carbonyl (C=O) groups is 4. The molecule has 0 bridgehead atoms. The Morgan fingerprint density at radius 3 is 2.38 bits per heavy atom. The molecule has 4 rings (SSSR count). The summed E-state index contributed by atoms with van der Waals surface area (Å²) in [4.78, 5) is 54.2. The average molecular weight is 504 g/mol. The van der Waals surface area contributed by atoms with Crippen LogP contribution in [0, 0.1) is 12.7 Å². The van der Waals surface area contributed by atoms with Gasteiger partial charge in [0.2, 0.25) is 5.91 Å². The van der Waals surface area contributed by atoms with E-state index in [-0.39, 0.29) is 25.1 Å². The van der Waals surface area contributed by atoms with Gasteiger partial charge in [0.25, 0.3) is 5.91 Å². The van der Waals surface area contributed by atoms with Gasteiger partial charge in [-0.3, -0.25) is 9.59 Å². The molecule has 0 radical (unpaired) electrons. The van der Waals surface area contributed by atoms with Crippen LogP contribution in [0.4, 0.5) is 20.6 Å². The van der Waals surface area contributed by atoms with Crippen molar-refractivity contribution in [1.29, 1.82) is 0 Å². The highest BCUT2D eigenvalue weighted by molar-refractivity contribution is 6.22. The van der Waals surface area contributed by atoms with Crippen LogP contribution in [0.2, 0.25) is 0 Å². The zero-order chi connectivity index (χ0) is 26.5. The molecule has 190 valence electrons. The van der Waals surface area contributed by atoms with E-state index in [1.165, 1.54) is 35.2 Å². The summed E-state index contributed by atoms with van der Waals surface area (Å²) in [6.45, 7) is 3.82. The highest BCUT2D eigenvalue weighted by Gasteiger charge is 2.46. The van der Waals surface area contributed by atoms with E-state index < -0.39 is 35.7 Å². The van der Waals surface area contributed by atoms with Gasteiger partial charge >= 0.3 is 12.0 Å². The molecule has 3 aromatic rings. The van der Waals surface area contributed by atoms with Gasteiger partial charge in [-0.2, -0.15) is 0 Å². The minimum atomic E-state index is -1.08. The van der Waals surface area contributed by atoms with E-state index in [2.05, 4.69) is 5.32 Å². The Balaban J connectivity index is 1.57. The standard InChI is InChI=1S/C28H26FN3O5/c1-3-37-27(35)20-5-4-6-22(15-20)30-25(33)16-24-26(34)32(23-13-7-18(2)8-14-23)28(36)31(24)17-19-9-11-21(29)12-10-19/h4-15,24H,3,16-17H2,1-2H3,(H,30,33). The van der Waals surface area contributed by atoms with Gasteiger partial charge in [-0.1, -0.05) is 35.9 Å². The van der Waals surface area contributed by atoms with E-state index >= 15 is 0 Å². The first-order valence-electron chi connectivity index (χ1n) is 11.8. The predicted octanol–water partition coefficient (Wildman–Crippen LogP) is 4.68. The minimum absolute atomic E-state index is 0.0174. The SMILES string of the molecule is CCOC(=O)c1cccc(NC(=O)CC2C(=O)N(c3ccc(C)cc3)C(=O)N2Cc2ccc(F)cc2)c1. The van der Waals surface area contributed by atoms with Crippen LogP contribution in [-0.4, -0.2) is 41.4 Å². The highest BCUT2D eigenvalue weighted by Crippen LogP contribution is 2.29. The number of ether oxygens (including phenoxy) is 1. The third kappa shape index (κ3) is 5.83. The summed E-state index contributed by atoms with van der Waals surface area (Å²) >= 11 is 0. The van der Waals surface area contributed by atoms with E-state index in [1.54, 1.807) is 49.4 Å². The zero-order valence-electron chi connectivity index (χ0n) is 20.4. The first-order chi connectivity index (χ1) is 17.8. The predicted molar refractivity (Wildman–Crippen MR) is 135 cm³/mol. The monoisotopic (exact) mass is 503 g/mol. The summed E-state index contributed by atoms with van der Waals surface area (Å²) in [5.41, 5.74) is 2.60. The van der Waals surface area contributed by atoms with Crippen LogP contribution in [0.15, 0.2) is 72.8 Å². The molecule has 0 aromatic heterocycles. The van der Waals surface area contributed by atoms with Crippen LogP contribution in [0.25, 0.3) is 0 Å². The van der Waals surface area contributed by atoms with Crippen LogP contribution in [0.5, 0.6) is 0 Å². The largest absolute Gasteiger partial charge is 0.462 e. The lowest BCUT2D eigenvalue weighted by molar-refractivity contribution is -0.124. The van der Waals surface area contributed by atoms with Gasteiger partial charge in [0.1, 0.15) is 11.9 Å². The fourth-order valence-electron chi connectivity index (χ4n) is 4.06. The van der Waals surface area contributed by atoms with Gasteiger partial charge < -0.3 is 15.0 Å². The highest BCUT2D eigenvalue weighted by atomic mass is 19.1. The molecule has 0 saturated carbocycles. The van der Waals surface area contributed by atoms with Crippen molar-refractivity contribution in [3.8, 4) is 0 Å². The number of hydrogen-bond acceptors (Lipinski definition) is 5. The van der Waals surface area contributed by atoms with Crippen LogP contribution in [0.3, 0.4) is 0 Å². The molecule has 37 heavy (non-hydrogen) atoms. The topological polar surface area (TPSA) is 96.0 Å². The average Bonchev–Trinajstić information content (AvgIpc) is 3.10. The van der Waals surface area contributed by atoms with Crippen molar-refractivity contribution < 1.29 is 28.3 Å². The molecule has 0 spiro atoms. The van der Waals surface area contributed by atoms with Crippen molar-refractivity contribution in [3.05, 3.63) is 95.3 Å². The molecule has 1 atom stereocenters. The van der Waals surface area contributed by atoms with Crippen molar-refractivity contribution in [2.45, 2.75) is 32.9 Å². The number of halogens is 1. The zero-order valence-corrected chi connectivity index (χ0v) is 20.4. The third-order valence-corrected chi connectivity index (χ3v) is 5.91. The maximum absolute atomic E-state index is 13.4. The second-order valence-electron chi connectivity index (χ2n) is 8.62. The Kier molecular flexibility index (Phi) is 7.62. The van der Waals surface area contributed by atoms with Crippen LogP contribution < -0.4 is 10.2 Å². The number of amides is 4. The Morgan fingerprint density at radius 1 is 1.00 bits per heavy atom. The Hall–Kier alpha value is -4.53. The fourth-order valence-corrected chi connectivity index (χ4v) is 4.06. The molecule has 4 amide bonds. The number of nitrogens with zero attached hydrogens (tertiary/aromatic N) is 2. The Bertz CT molecular complexity index is 1320.